The Labute approximate surface area is 189 Å². The molecule has 7 nitrogen and oxygen atoms in total. The number of rotatable bonds is 5. The largest absolute Gasteiger partial charge is 0.394 e. The van der Waals surface area contributed by atoms with Crippen LogP contribution in [0.5, 0.6) is 0 Å². The summed E-state index contributed by atoms with van der Waals surface area (Å²) in [5.41, 5.74) is 1.57. The Balaban J connectivity index is 1.27. The highest BCUT2D eigenvalue weighted by atomic mass is 35.5. The molecule has 3 unspecified atom stereocenters. The van der Waals surface area contributed by atoms with Gasteiger partial charge in [-0.1, -0.05) is 11.6 Å². The molecular formula is C22H26ClN5O2S. The molecule has 0 amide bonds. The highest BCUT2D eigenvalue weighted by molar-refractivity contribution is 7.85. The number of nitrogens with zero attached hydrogens (tertiary/aromatic N) is 4. The first kappa shape index (κ1) is 19.9. The molecule has 3 atom stereocenters. The van der Waals surface area contributed by atoms with E-state index in [1.807, 2.05) is 0 Å². The predicted octanol–water partition coefficient (Wildman–Crippen LogP) is 2.76. The lowest BCUT2D eigenvalue weighted by Gasteiger charge is -2.53. The Morgan fingerprint density at radius 2 is 2.00 bits per heavy atom. The maximum Gasteiger partial charge on any atom is 0.132 e. The summed E-state index contributed by atoms with van der Waals surface area (Å²) in [4.78, 5) is 17.1. The minimum atomic E-state index is -1.02. The van der Waals surface area contributed by atoms with Crippen molar-refractivity contribution < 1.29 is 9.32 Å². The monoisotopic (exact) mass is 459 g/mol. The Morgan fingerprint density at radius 3 is 2.65 bits per heavy atom. The van der Waals surface area contributed by atoms with Crippen molar-refractivity contribution in [2.75, 3.05) is 35.7 Å². The molecular weight excluding hydrogens is 434 g/mol. The summed E-state index contributed by atoms with van der Waals surface area (Å²) in [5.74, 6) is 3.90. The molecule has 0 aromatic carbocycles. The summed E-state index contributed by atoms with van der Waals surface area (Å²) >= 11 is 5.96. The van der Waals surface area contributed by atoms with Crippen molar-refractivity contribution >= 4 is 33.9 Å². The van der Waals surface area contributed by atoms with Crippen molar-refractivity contribution in [2.24, 2.45) is 11.8 Å². The van der Waals surface area contributed by atoms with Crippen LogP contribution in [0, 0.1) is 11.8 Å². The molecule has 2 saturated carbocycles. The SMILES string of the molecule is O=S1CCc2nc(N3CC4CC(C3)C4c3ncc(Cl)cn3)cc(NC3(CO)CCC3)c21. The fourth-order valence-electron chi connectivity index (χ4n) is 5.74. The van der Waals surface area contributed by atoms with Crippen molar-refractivity contribution in [3.8, 4) is 0 Å². The second kappa shape index (κ2) is 7.39. The number of aromatic nitrogens is 3. The van der Waals surface area contributed by atoms with E-state index in [-0.39, 0.29) is 12.1 Å². The lowest BCUT2D eigenvalue weighted by atomic mass is 9.61. The highest BCUT2D eigenvalue weighted by Gasteiger charge is 2.49. The maximum atomic E-state index is 12.7. The van der Waals surface area contributed by atoms with Gasteiger partial charge in [0, 0.05) is 49.6 Å². The van der Waals surface area contributed by atoms with Gasteiger partial charge < -0.3 is 15.3 Å². The quantitative estimate of drug-likeness (QED) is 0.710. The maximum absolute atomic E-state index is 12.7. The number of nitrogens with one attached hydrogen (secondary N) is 1. The third kappa shape index (κ3) is 3.26. The molecule has 0 spiro atoms. The zero-order valence-electron chi connectivity index (χ0n) is 17.3. The van der Waals surface area contributed by atoms with Crippen LogP contribution < -0.4 is 10.2 Å². The van der Waals surface area contributed by atoms with Crippen molar-refractivity contribution in [1.29, 1.82) is 0 Å². The number of piperidine rings is 2. The zero-order valence-corrected chi connectivity index (χ0v) is 18.8. The average molecular weight is 460 g/mol. The summed E-state index contributed by atoms with van der Waals surface area (Å²) < 4.78 is 12.7. The summed E-state index contributed by atoms with van der Waals surface area (Å²) in [5, 5.41) is 14.1. The molecule has 5 heterocycles. The second-order valence-corrected chi connectivity index (χ2v) is 11.4. The third-order valence-corrected chi connectivity index (χ3v) is 9.27. The Bertz CT molecular complexity index is 1030. The minimum Gasteiger partial charge on any atom is -0.394 e. The summed E-state index contributed by atoms with van der Waals surface area (Å²) in [6.07, 6.45) is 8.32. The summed E-state index contributed by atoms with van der Waals surface area (Å²) in [6, 6.07) is 2.07. The topological polar surface area (TPSA) is 91.2 Å². The van der Waals surface area contributed by atoms with Gasteiger partial charge in [0.15, 0.2) is 0 Å². The molecule has 2 N–H and O–H groups in total. The molecule has 9 heteroatoms. The molecule has 31 heavy (non-hydrogen) atoms. The highest BCUT2D eigenvalue weighted by Crippen LogP contribution is 2.51. The van der Waals surface area contributed by atoms with E-state index in [0.717, 1.165) is 66.7 Å². The van der Waals surface area contributed by atoms with Crippen LogP contribution in [0.3, 0.4) is 0 Å². The molecule has 164 valence electrons. The number of pyridine rings is 1. The predicted molar refractivity (Wildman–Crippen MR) is 120 cm³/mol. The van der Waals surface area contributed by atoms with Crippen molar-refractivity contribution in [2.45, 2.75) is 48.5 Å². The van der Waals surface area contributed by atoms with E-state index in [4.69, 9.17) is 16.6 Å². The fourth-order valence-corrected chi connectivity index (χ4v) is 7.19. The number of hydrogen-bond donors (Lipinski definition) is 2. The standard InChI is InChI=1S/C22H26ClN5O2S/c23-15-8-24-21(25-9-15)19-13-6-14(19)11-28(10-13)18-7-17(27-22(12-29)3-1-4-22)20-16(26-18)2-5-31(20)30/h7-9,13-14,19,29H,1-6,10-12H2,(H,26,27). The molecule has 0 radical (unpaired) electrons. The third-order valence-electron chi connectivity index (χ3n) is 7.59. The molecule has 3 aliphatic heterocycles. The number of aliphatic hydroxyl groups excluding tert-OH is 1. The number of aliphatic hydroxyl groups is 1. The van der Waals surface area contributed by atoms with Crippen LogP contribution in [-0.2, 0) is 17.2 Å². The molecule has 2 aromatic heterocycles. The van der Waals surface area contributed by atoms with E-state index in [0.29, 0.717) is 28.5 Å². The lowest BCUT2D eigenvalue weighted by Crippen LogP contribution is -2.54. The number of anilines is 2. The first-order valence-electron chi connectivity index (χ1n) is 11.1. The number of hydrogen-bond acceptors (Lipinski definition) is 7. The van der Waals surface area contributed by atoms with Gasteiger partial charge >= 0.3 is 0 Å². The van der Waals surface area contributed by atoms with Gasteiger partial charge in [-0.15, -0.1) is 0 Å². The van der Waals surface area contributed by atoms with E-state index in [1.54, 1.807) is 12.4 Å². The number of halogens is 1. The minimum absolute atomic E-state index is 0.0999. The zero-order chi connectivity index (χ0) is 21.2. The van der Waals surface area contributed by atoms with E-state index in [2.05, 4.69) is 26.3 Å². The smallest absolute Gasteiger partial charge is 0.132 e. The summed E-state index contributed by atoms with van der Waals surface area (Å²) in [6.45, 7) is 1.95. The van der Waals surface area contributed by atoms with Crippen LogP contribution in [0.4, 0.5) is 11.5 Å². The second-order valence-electron chi connectivity index (χ2n) is 9.47. The molecule has 2 aliphatic carbocycles. The van der Waals surface area contributed by atoms with Crippen molar-refractivity contribution in [1.82, 2.24) is 15.0 Å². The van der Waals surface area contributed by atoms with Crippen molar-refractivity contribution in [3.05, 3.63) is 35.0 Å². The Morgan fingerprint density at radius 1 is 1.26 bits per heavy atom. The Hall–Kier alpha value is -1.77. The molecule has 2 saturated heterocycles. The van der Waals surface area contributed by atoms with Gasteiger partial charge in [-0.2, -0.15) is 0 Å². The van der Waals surface area contributed by atoms with Gasteiger partial charge in [-0.05, 0) is 37.5 Å². The van der Waals surface area contributed by atoms with Gasteiger partial charge in [-0.3, -0.25) is 4.21 Å². The van der Waals surface area contributed by atoms with E-state index in [9.17, 15) is 9.32 Å². The van der Waals surface area contributed by atoms with Crippen LogP contribution in [0.15, 0.2) is 23.4 Å². The van der Waals surface area contributed by atoms with Crippen LogP contribution in [-0.4, -0.2) is 55.3 Å². The van der Waals surface area contributed by atoms with E-state index >= 15 is 0 Å². The van der Waals surface area contributed by atoms with Crippen LogP contribution in [0.2, 0.25) is 5.02 Å². The molecule has 4 fully saturated rings. The van der Waals surface area contributed by atoms with Crippen LogP contribution >= 0.6 is 11.6 Å². The average Bonchev–Trinajstić information content (AvgIpc) is 3.13. The van der Waals surface area contributed by atoms with Crippen LogP contribution in [0.1, 0.15) is 43.1 Å². The van der Waals surface area contributed by atoms with E-state index < -0.39 is 10.8 Å². The summed E-state index contributed by atoms with van der Waals surface area (Å²) in [7, 11) is -1.02. The van der Waals surface area contributed by atoms with Gasteiger partial charge in [0.2, 0.25) is 0 Å². The fraction of sp³-hybridized carbons (Fsp3) is 0.591. The first-order valence-corrected chi connectivity index (χ1v) is 12.8. The van der Waals surface area contributed by atoms with E-state index in [1.165, 1.54) is 6.42 Å². The molecule has 2 bridgehead atoms. The Kier molecular flexibility index (Phi) is 4.74. The number of aryl methyl sites for hydroxylation is 1. The first-order chi connectivity index (χ1) is 15.0. The normalized spacial score (nSPS) is 30.3. The van der Waals surface area contributed by atoms with Gasteiger partial charge in [0.1, 0.15) is 11.6 Å². The molecule has 7 rings (SSSR count). The lowest BCUT2D eigenvalue weighted by molar-refractivity contribution is 0.104. The van der Waals surface area contributed by atoms with Crippen LogP contribution in [0.25, 0.3) is 0 Å². The van der Waals surface area contributed by atoms with Gasteiger partial charge in [0.05, 0.1) is 44.2 Å². The van der Waals surface area contributed by atoms with Crippen molar-refractivity contribution in [3.63, 3.8) is 0 Å². The van der Waals surface area contributed by atoms with Gasteiger partial charge in [-0.25, -0.2) is 15.0 Å². The molecule has 2 aromatic rings. The number of fused-ring (bicyclic) bond motifs is 3. The van der Waals surface area contributed by atoms with Gasteiger partial charge in [0.25, 0.3) is 0 Å². The molecule has 5 aliphatic rings.